The first-order valence-electron chi connectivity index (χ1n) is 14.0. The lowest BCUT2D eigenvalue weighted by Gasteiger charge is -2.37. The van der Waals surface area contributed by atoms with Gasteiger partial charge in [0.05, 0.1) is 15.9 Å². The third-order valence-corrected chi connectivity index (χ3v) is 11.8. The molecule has 41 heavy (non-hydrogen) atoms. The summed E-state index contributed by atoms with van der Waals surface area (Å²) in [4.78, 5) is 14.8. The number of piperidine rings is 2. The second-order valence-corrected chi connectivity index (χ2v) is 15.6. The maximum atomic E-state index is 14.2. The highest BCUT2D eigenvalue weighted by Crippen LogP contribution is 2.32. The molecule has 0 saturated carbocycles. The number of amides is 1. The fraction of sp³-hybridized carbons (Fsp3) is 0.552. The SMILES string of the molecule is CS(=O)(=O)c1ccc([C@@H](CCN2CCCCC2CCS(=O)(=O)C2CCN(C(=O)O)CC2)c2cc(F)cc(F)c2)cc1. The third kappa shape index (κ3) is 8.26. The molecule has 0 bridgehead atoms. The molecule has 2 fully saturated rings. The van der Waals surface area contributed by atoms with Crippen LogP contribution in [0.25, 0.3) is 0 Å². The summed E-state index contributed by atoms with van der Waals surface area (Å²) in [6.07, 6.45) is 4.53. The first kappa shape index (κ1) is 31.4. The quantitative estimate of drug-likeness (QED) is 0.414. The molecule has 12 heteroatoms. The molecule has 0 aliphatic carbocycles. The van der Waals surface area contributed by atoms with E-state index in [1.165, 1.54) is 29.2 Å². The van der Waals surface area contributed by atoms with Crippen LogP contribution in [-0.4, -0.2) is 87.3 Å². The van der Waals surface area contributed by atoms with Gasteiger partial charge in [-0.3, -0.25) is 0 Å². The molecule has 1 unspecified atom stereocenters. The molecule has 1 amide bonds. The van der Waals surface area contributed by atoms with Crippen LogP contribution in [0.5, 0.6) is 0 Å². The third-order valence-electron chi connectivity index (χ3n) is 8.41. The standard InChI is InChI=1S/C29H38F2N2O6S2/c1-40(36,37)26-7-5-21(6-8-26)28(22-18-23(30)20-24(31)19-22)11-16-32-13-3-2-4-25(32)12-17-41(38,39)27-9-14-33(15-10-27)29(34)35/h5-8,18-20,25,27-28H,2-4,9-17H2,1H3,(H,34,35)/t25?,28-/m1/s1. The summed E-state index contributed by atoms with van der Waals surface area (Å²) >= 11 is 0. The van der Waals surface area contributed by atoms with Gasteiger partial charge in [0.15, 0.2) is 19.7 Å². The number of carbonyl (C=O) groups is 1. The van der Waals surface area contributed by atoms with Gasteiger partial charge in [-0.05, 0) is 87.0 Å². The number of rotatable bonds is 10. The first-order valence-corrected chi connectivity index (χ1v) is 17.6. The van der Waals surface area contributed by atoms with Gasteiger partial charge in [-0.25, -0.2) is 30.4 Å². The van der Waals surface area contributed by atoms with Crippen molar-refractivity contribution in [2.75, 3.05) is 38.2 Å². The minimum atomic E-state index is -3.40. The average molecular weight is 613 g/mol. The molecule has 0 aromatic heterocycles. The lowest BCUT2D eigenvalue weighted by molar-refractivity contribution is 0.135. The molecule has 2 aliphatic rings. The first-order chi connectivity index (χ1) is 19.3. The fourth-order valence-electron chi connectivity index (χ4n) is 6.10. The van der Waals surface area contributed by atoms with Gasteiger partial charge in [0.1, 0.15) is 11.6 Å². The normalized spacial score (nSPS) is 20.2. The lowest BCUT2D eigenvalue weighted by Crippen LogP contribution is -2.44. The number of carboxylic acid groups (broad SMARTS) is 1. The van der Waals surface area contributed by atoms with E-state index in [0.29, 0.717) is 37.8 Å². The van der Waals surface area contributed by atoms with E-state index in [4.69, 9.17) is 5.11 Å². The van der Waals surface area contributed by atoms with Gasteiger partial charge < -0.3 is 14.9 Å². The van der Waals surface area contributed by atoms with Crippen LogP contribution in [0.15, 0.2) is 47.4 Å². The summed E-state index contributed by atoms with van der Waals surface area (Å²) in [5.41, 5.74) is 1.20. The molecule has 0 spiro atoms. The van der Waals surface area contributed by atoms with Crippen LogP contribution in [0.4, 0.5) is 13.6 Å². The highest BCUT2D eigenvalue weighted by molar-refractivity contribution is 7.92. The topological polar surface area (TPSA) is 112 Å². The lowest BCUT2D eigenvalue weighted by atomic mass is 9.87. The Morgan fingerprint density at radius 3 is 2.15 bits per heavy atom. The van der Waals surface area contributed by atoms with Crippen LogP contribution < -0.4 is 0 Å². The Hall–Kier alpha value is -2.57. The predicted octanol–water partition coefficient (Wildman–Crippen LogP) is 4.69. The zero-order valence-electron chi connectivity index (χ0n) is 23.2. The molecular formula is C29H38F2N2O6S2. The van der Waals surface area contributed by atoms with Crippen molar-refractivity contribution in [3.05, 3.63) is 65.2 Å². The van der Waals surface area contributed by atoms with E-state index in [-0.39, 0.29) is 35.7 Å². The minimum Gasteiger partial charge on any atom is -0.465 e. The summed E-state index contributed by atoms with van der Waals surface area (Å²) in [6.45, 7) is 1.82. The highest BCUT2D eigenvalue weighted by atomic mass is 32.2. The molecule has 2 heterocycles. The van der Waals surface area contributed by atoms with Crippen LogP contribution >= 0.6 is 0 Å². The van der Waals surface area contributed by atoms with Gasteiger partial charge in [0.25, 0.3) is 0 Å². The second kappa shape index (κ2) is 13.2. The maximum Gasteiger partial charge on any atom is 0.407 e. The average Bonchev–Trinajstić information content (AvgIpc) is 2.92. The smallest absolute Gasteiger partial charge is 0.407 e. The summed E-state index contributed by atoms with van der Waals surface area (Å²) < 4.78 is 78.5. The van der Waals surface area contributed by atoms with Gasteiger partial charge in [-0.2, -0.15) is 0 Å². The van der Waals surface area contributed by atoms with Gasteiger partial charge in [0.2, 0.25) is 0 Å². The Morgan fingerprint density at radius 1 is 0.927 bits per heavy atom. The minimum absolute atomic E-state index is 0.0391. The molecule has 4 rings (SSSR count). The Kier molecular flexibility index (Phi) is 10.1. The van der Waals surface area contributed by atoms with E-state index in [1.54, 1.807) is 12.1 Å². The Balaban J connectivity index is 1.46. The van der Waals surface area contributed by atoms with Crippen molar-refractivity contribution in [3.63, 3.8) is 0 Å². The maximum absolute atomic E-state index is 14.2. The summed E-state index contributed by atoms with van der Waals surface area (Å²) in [7, 11) is -6.78. The Bertz CT molecular complexity index is 1410. The fourth-order valence-corrected chi connectivity index (χ4v) is 8.59. The number of benzene rings is 2. The van der Waals surface area contributed by atoms with E-state index in [9.17, 15) is 30.4 Å². The summed E-state index contributed by atoms with van der Waals surface area (Å²) in [5, 5.41) is 8.62. The number of sulfone groups is 2. The molecular weight excluding hydrogens is 574 g/mol. The van der Waals surface area contributed by atoms with Crippen LogP contribution in [-0.2, 0) is 19.7 Å². The number of nitrogens with zero attached hydrogens (tertiary/aromatic N) is 2. The zero-order valence-corrected chi connectivity index (χ0v) is 24.8. The molecule has 2 aliphatic heterocycles. The molecule has 2 saturated heterocycles. The van der Waals surface area contributed by atoms with E-state index in [0.717, 1.165) is 43.7 Å². The zero-order chi connectivity index (χ0) is 29.8. The van der Waals surface area contributed by atoms with E-state index < -0.39 is 42.7 Å². The van der Waals surface area contributed by atoms with Gasteiger partial charge >= 0.3 is 6.09 Å². The van der Waals surface area contributed by atoms with Crippen molar-refractivity contribution < 1.29 is 35.5 Å². The Labute approximate surface area is 241 Å². The van der Waals surface area contributed by atoms with E-state index in [1.807, 2.05) is 0 Å². The molecule has 8 nitrogen and oxygen atoms in total. The monoisotopic (exact) mass is 612 g/mol. The van der Waals surface area contributed by atoms with E-state index in [2.05, 4.69) is 4.90 Å². The number of hydrogen-bond donors (Lipinski definition) is 1. The molecule has 2 aromatic rings. The summed E-state index contributed by atoms with van der Waals surface area (Å²) in [5.74, 6) is -1.72. The van der Waals surface area contributed by atoms with Crippen LogP contribution in [0.3, 0.4) is 0 Å². The number of halogens is 2. The van der Waals surface area contributed by atoms with Crippen molar-refractivity contribution in [1.82, 2.24) is 9.80 Å². The highest BCUT2D eigenvalue weighted by Gasteiger charge is 2.33. The largest absolute Gasteiger partial charge is 0.465 e. The number of hydrogen-bond acceptors (Lipinski definition) is 6. The molecule has 0 radical (unpaired) electrons. The van der Waals surface area contributed by atoms with Crippen molar-refractivity contribution in [2.45, 2.75) is 67.1 Å². The second-order valence-electron chi connectivity index (χ2n) is 11.2. The number of likely N-dealkylation sites (tertiary alicyclic amines) is 2. The van der Waals surface area contributed by atoms with Crippen molar-refractivity contribution in [2.24, 2.45) is 0 Å². The predicted molar refractivity (Wildman–Crippen MR) is 153 cm³/mol. The van der Waals surface area contributed by atoms with Gasteiger partial charge in [-0.1, -0.05) is 18.6 Å². The van der Waals surface area contributed by atoms with E-state index >= 15 is 0 Å². The molecule has 1 N–H and O–H groups in total. The van der Waals surface area contributed by atoms with Crippen LogP contribution in [0.2, 0.25) is 0 Å². The van der Waals surface area contributed by atoms with Crippen LogP contribution in [0.1, 0.15) is 62.0 Å². The molecule has 2 aromatic carbocycles. The van der Waals surface area contributed by atoms with Gasteiger partial charge in [0, 0.05) is 37.4 Å². The van der Waals surface area contributed by atoms with Crippen molar-refractivity contribution in [3.8, 4) is 0 Å². The van der Waals surface area contributed by atoms with Crippen LogP contribution in [0, 0.1) is 11.6 Å². The molecule has 2 atom stereocenters. The van der Waals surface area contributed by atoms with Crippen molar-refractivity contribution in [1.29, 1.82) is 0 Å². The van der Waals surface area contributed by atoms with Gasteiger partial charge in [-0.15, -0.1) is 0 Å². The summed E-state index contributed by atoms with van der Waals surface area (Å²) in [6, 6.07) is 9.84. The Morgan fingerprint density at radius 2 is 1.56 bits per heavy atom. The molecule has 226 valence electrons. The van der Waals surface area contributed by atoms with Crippen molar-refractivity contribution >= 4 is 25.8 Å².